The first-order valence-electron chi connectivity index (χ1n) is 9.11. The van der Waals surface area contributed by atoms with E-state index in [2.05, 4.69) is 0 Å². The van der Waals surface area contributed by atoms with Gasteiger partial charge in [0, 0.05) is 5.57 Å². The number of benzene rings is 3. The van der Waals surface area contributed by atoms with E-state index in [0.29, 0.717) is 23.3 Å². The summed E-state index contributed by atoms with van der Waals surface area (Å²) in [6.07, 6.45) is -3.99. The molecule has 0 saturated carbocycles. The maximum Gasteiger partial charge on any atom is 0.413 e. The van der Waals surface area contributed by atoms with Crippen molar-refractivity contribution >= 4 is 5.57 Å². The van der Waals surface area contributed by atoms with Crippen molar-refractivity contribution < 1.29 is 17.9 Å². The fraction of sp³-hybridized carbons (Fsp3) is 0.167. The van der Waals surface area contributed by atoms with Gasteiger partial charge >= 0.3 is 6.18 Å². The van der Waals surface area contributed by atoms with Gasteiger partial charge in [-0.05, 0) is 64.4 Å². The Kier molecular flexibility index (Phi) is 4.71. The molecule has 3 aromatic carbocycles. The highest BCUT2D eigenvalue weighted by Crippen LogP contribution is 2.44. The average Bonchev–Trinajstić information content (AvgIpc) is 2.72. The molecular weight excluding hydrogens is 361 g/mol. The van der Waals surface area contributed by atoms with Crippen LogP contribution < -0.4 is 4.74 Å². The molecule has 0 N–H and O–H groups in total. The van der Waals surface area contributed by atoms with E-state index in [1.165, 1.54) is 7.11 Å². The molecule has 0 bridgehead atoms. The van der Waals surface area contributed by atoms with Crippen LogP contribution in [0, 0.1) is 0 Å². The van der Waals surface area contributed by atoms with Gasteiger partial charge in [0.2, 0.25) is 0 Å². The molecule has 1 aliphatic rings. The number of hydrogen-bond acceptors (Lipinski definition) is 1. The van der Waals surface area contributed by atoms with Gasteiger partial charge in [-0.3, -0.25) is 0 Å². The molecule has 3 aromatic rings. The van der Waals surface area contributed by atoms with E-state index in [1.807, 2.05) is 48.5 Å². The van der Waals surface area contributed by atoms with Crippen molar-refractivity contribution in [3.63, 3.8) is 0 Å². The summed E-state index contributed by atoms with van der Waals surface area (Å²) in [6.45, 7) is 0. The van der Waals surface area contributed by atoms with Crippen molar-refractivity contribution in [2.75, 3.05) is 7.11 Å². The fourth-order valence-electron chi connectivity index (χ4n) is 3.76. The van der Waals surface area contributed by atoms with E-state index in [4.69, 9.17) is 4.74 Å². The zero-order valence-electron chi connectivity index (χ0n) is 15.4. The summed E-state index contributed by atoms with van der Waals surface area (Å²) in [5.41, 5.74) is 3.86. The van der Waals surface area contributed by atoms with E-state index >= 15 is 0 Å². The lowest BCUT2D eigenvalue weighted by Crippen LogP contribution is -2.19. The summed E-state index contributed by atoms with van der Waals surface area (Å²) in [6, 6.07) is 22.3. The van der Waals surface area contributed by atoms with Crippen LogP contribution in [0.3, 0.4) is 0 Å². The second kappa shape index (κ2) is 7.19. The van der Waals surface area contributed by atoms with Gasteiger partial charge in [-0.15, -0.1) is 0 Å². The molecule has 0 radical (unpaired) electrons. The Balaban J connectivity index is 1.92. The molecule has 4 heteroatoms. The maximum absolute atomic E-state index is 13.9. The van der Waals surface area contributed by atoms with Crippen LogP contribution in [-0.4, -0.2) is 13.3 Å². The van der Waals surface area contributed by atoms with E-state index in [9.17, 15) is 13.2 Å². The van der Waals surface area contributed by atoms with Gasteiger partial charge in [0.1, 0.15) is 5.75 Å². The van der Waals surface area contributed by atoms with Gasteiger partial charge in [0.25, 0.3) is 0 Å². The smallest absolute Gasteiger partial charge is 0.413 e. The molecule has 0 aliphatic heterocycles. The van der Waals surface area contributed by atoms with Crippen LogP contribution in [0.4, 0.5) is 13.2 Å². The monoisotopic (exact) mass is 380 g/mol. The first-order chi connectivity index (χ1) is 13.5. The van der Waals surface area contributed by atoms with Crippen molar-refractivity contribution in [3.8, 4) is 16.9 Å². The normalized spacial score (nSPS) is 14.0. The summed E-state index contributed by atoms with van der Waals surface area (Å²) >= 11 is 0. The predicted molar refractivity (Wildman–Crippen MR) is 105 cm³/mol. The molecule has 0 unspecified atom stereocenters. The van der Waals surface area contributed by atoms with Gasteiger partial charge in [-0.1, -0.05) is 54.6 Å². The van der Waals surface area contributed by atoms with Crippen LogP contribution >= 0.6 is 0 Å². The third-order valence-corrected chi connectivity index (χ3v) is 5.15. The van der Waals surface area contributed by atoms with Crippen LogP contribution in [0.2, 0.25) is 0 Å². The van der Waals surface area contributed by atoms with Crippen molar-refractivity contribution in [1.82, 2.24) is 0 Å². The number of allylic oxidation sites excluding steroid dienone is 1. The van der Waals surface area contributed by atoms with Crippen molar-refractivity contribution in [3.05, 3.63) is 95.1 Å². The largest absolute Gasteiger partial charge is 0.497 e. The molecular formula is C24H19F3O. The van der Waals surface area contributed by atoms with Crippen LogP contribution in [0.1, 0.15) is 23.1 Å². The number of halogens is 3. The molecule has 1 aliphatic carbocycles. The molecule has 0 amide bonds. The molecule has 0 spiro atoms. The molecule has 28 heavy (non-hydrogen) atoms. The average molecular weight is 380 g/mol. The summed E-state index contributed by atoms with van der Waals surface area (Å²) in [5, 5.41) is 0. The summed E-state index contributed by atoms with van der Waals surface area (Å²) in [4.78, 5) is 0. The molecule has 0 atom stereocenters. The summed E-state index contributed by atoms with van der Waals surface area (Å²) < 4.78 is 46.7. The highest BCUT2D eigenvalue weighted by atomic mass is 19.4. The Hall–Kier alpha value is -3.01. The Bertz CT molecular complexity index is 1020. The highest BCUT2D eigenvalue weighted by molar-refractivity contribution is 5.87. The summed E-state index contributed by atoms with van der Waals surface area (Å²) in [5.74, 6) is 0.618. The lowest BCUT2D eigenvalue weighted by molar-refractivity contribution is -0.0934. The van der Waals surface area contributed by atoms with Crippen LogP contribution in [0.5, 0.6) is 5.75 Å². The second-order valence-electron chi connectivity index (χ2n) is 6.82. The third-order valence-electron chi connectivity index (χ3n) is 5.15. The Morgan fingerprint density at radius 1 is 0.750 bits per heavy atom. The first-order valence-corrected chi connectivity index (χ1v) is 9.11. The Morgan fingerprint density at radius 2 is 1.43 bits per heavy atom. The van der Waals surface area contributed by atoms with Crippen LogP contribution in [0.15, 0.2) is 78.4 Å². The third kappa shape index (κ3) is 3.42. The number of alkyl halides is 3. The number of fused-ring (bicyclic) bond motifs is 1. The van der Waals surface area contributed by atoms with Gasteiger partial charge in [0.05, 0.1) is 7.11 Å². The molecule has 0 aromatic heterocycles. The molecule has 0 heterocycles. The SMILES string of the molecule is COc1ccc(C2=C(C(F)(F)F)CCc3ccc(-c4ccccc4)cc32)cc1. The minimum Gasteiger partial charge on any atom is -0.497 e. The van der Waals surface area contributed by atoms with Gasteiger partial charge in [-0.25, -0.2) is 0 Å². The molecule has 0 fully saturated rings. The fourth-order valence-corrected chi connectivity index (χ4v) is 3.76. The van der Waals surface area contributed by atoms with E-state index < -0.39 is 11.7 Å². The first kappa shape index (κ1) is 18.4. The van der Waals surface area contributed by atoms with Crippen molar-refractivity contribution in [1.29, 1.82) is 0 Å². The number of hydrogen-bond donors (Lipinski definition) is 0. The van der Waals surface area contributed by atoms with Crippen molar-refractivity contribution in [2.45, 2.75) is 19.0 Å². The molecule has 4 rings (SSSR count). The molecule has 142 valence electrons. The second-order valence-corrected chi connectivity index (χ2v) is 6.82. The van der Waals surface area contributed by atoms with E-state index in [1.54, 1.807) is 24.3 Å². The predicted octanol–water partition coefficient (Wildman–Crippen LogP) is 6.67. The quantitative estimate of drug-likeness (QED) is 0.493. The summed E-state index contributed by atoms with van der Waals surface area (Å²) in [7, 11) is 1.54. The van der Waals surface area contributed by atoms with Crippen molar-refractivity contribution in [2.24, 2.45) is 0 Å². The van der Waals surface area contributed by atoms with Gasteiger partial charge in [-0.2, -0.15) is 13.2 Å². The minimum atomic E-state index is -4.37. The zero-order chi connectivity index (χ0) is 19.7. The number of aryl methyl sites for hydroxylation is 1. The Morgan fingerprint density at radius 3 is 2.07 bits per heavy atom. The standard InChI is InChI=1S/C24H19F3O/c1-28-20-12-9-18(10-13-20)23-21-15-19(16-5-3-2-4-6-16)8-7-17(21)11-14-22(23)24(25,26)27/h2-10,12-13,15H,11,14H2,1H3. The zero-order valence-corrected chi connectivity index (χ0v) is 15.4. The molecule has 0 saturated heterocycles. The van der Waals surface area contributed by atoms with Gasteiger partial charge in [0.15, 0.2) is 0 Å². The Labute approximate surface area is 162 Å². The molecule has 1 nitrogen and oxygen atoms in total. The lowest BCUT2D eigenvalue weighted by atomic mass is 9.80. The minimum absolute atomic E-state index is 0.0114. The van der Waals surface area contributed by atoms with Crippen LogP contribution in [-0.2, 0) is 6.42 Å². The number of ether oxygens (including phenoxy) is 1. The topological polar surface area (TPSA) is 9.23 Å². The highest BCUT2D eigenvalue weighted by Gasteiger charge is 2.38. The van der Waals surface area contributed by atoms with E-state index in [-0.39, 0.29) is 12.0 Å². The lowest BCUT2D eigenvalue weighted by Gasteiger charge is -2.26. The van der Waals surface area contributed by atoms with Crippen LogP contribution in [0.25, 0.3) is 16.7 Å². The van der Waals surface area contributed by atoms with E-state index in [0.717, 1.165) is 16.7 Å². The van der Waals surface area contributed by atoms with Gasteiger partial charge < -0.3 is 4.74 Å². The number of methoxy groups -OCH3 is 1. The number of rotatable bonds is 3. The maximum atomic E-state index is 13.9.